The van der Waals surface area contributed by atoms with Crippen LogP contribution in [0, 0.1) is 0 Å². The largest absolute Gasteiger partial charge is 0.382 e. The molecule has 3 amide bonds. The number of aliphatic hydroxyl groups is 1. The maximum Gasteiger partial charge on any atom is 0.255 e. The number of thiazole rings is 1. The molecule has 1 aromatic heterocycles. The van der Waals surface area contributed by atoms with Crippen molar-refractivity contribution in [3.8, 4) is 0 Å². The minimum Gasteiger partial charge on any atom is -0.382 e. The molecular formula is C20H21N5O4S. The highest BCUT2D eigenvalue weighted by Crippen LogP contribution is 2.32. The molecule has 4 N–H and O–H groups in total. The molecule has 1 unspecified atom stereocenters. The number of carbonyl (C=O) groups excluding carboxylic acids is 3. The first kappa shape index (κ1) is 19.2. The van der Waals surface area contributed by atoms with Gasteiger partial charge in [-0.15, -0.1) is 0 Å². The van der Waals surface area contributed by atoms with Crippen molar-refractivity contribution in [2.75, 3.05) is 18.4 Å². The molecule has 1 aromatic carbocycles. The Labute approximate surface area is 176 Å². The monoisotopic (exact) mass is 427 g/mol. The number of nitrogens with one attached hydrogen (secondary N) is 3. The van der Waals surface area contributed by atoms with Crippen molar-refractivity contribution in [2.45, 2.75) is 37.6 Å². The molecule has 2 saturated heterocycles. The number of amides is 3. The van der Waals surface area contributed by atoms with Crippen molar-refractivity contribution >= 4 is 34.2 Å². The number of anilines is 1. The molecule has 3 aliphatic heterocycles. The summed E-state index contributed by atoms with van der Waals surface area (Å²) in [5, 5.41) is 19.7. The van der Waals surface area contributed by atoms with Gasteiger partial charge >= 0.3 is 0 Å². The standard InChI is InChI=1S/C20H21N5O4S/c26-16-4-3-14(17(27)24-16)25-8-12-2-1-11(5-13(12)18(25)28)6-22-19-23-7-15(30-19)20(29)9-21-10-20/h1-2,5,7,14,21,29H,3-4,6,8-10H2,(H,22,23)(H,24,26,27). The summed E-state index contributed by atoms with van der Waals surface area (Å²) < 4.78 is 0. The van der Waals surface area contributed by atoms with Gasteiger partial charge in [0.05, 0.1) is 4.88 Å². The minimum atomic E-state index is -0.822. The summed E-state index contributed by atoms with van der Waals surface area (Å²) in [5.74, 6) is -0.880. The van der Waals surface area contributed by atoms with Crippen LogP contribution in [0.2, 0.25) is 0 Å². The third-order valence-electron chi connectivity index (χ3n) is 5.84. The lowest BCUT2D eigenvalue weighted by Crippen LogP contribution is -2.56. The summed E-state index contributed by atoms with van der Waals surface area (Å²) in [6.45, 7) is 1.93. The molecule has 2 aromatic rings. The molecule has 156 valence electrons. The third kappa shape index (κ3) is 3.26. The number of β-amino-alcohol motifs (C(OH)–C–C–N with tert-alkyl or cyclic N) is 1. The molecule has 30 heavy (non-hydrogen) atoms. The van der Waals surface area contributed by atoms with Gasteiger partial charge < -0.3 is 20.6 Å². The van der Waals surface area contributed by atoms with Crippen molar-refractivity contribution in [2.24, 2.45) is 0 Å². The van der Waals surface area contributed by atoms with Gasteiger partial charge in [-0.2, -0.15) is 0 Å². The summed E-state index contributed by atoms with van der Waals surface area (Å²) in [7, 11) is 0. The Morgan fingerprint density at radius 2 is 2.13 bits per heavy atom. The maximum atomic E-state index is 12.9. The van der Waals surface area contributed by atoms with Crippen molar-refractivity contribution in [1.29, 1.82) is 0 Å². The summed E-state index contributed by atoms with van der Waals surface area (Å²) in [6.07, 6.45) is 2.29. The van der Waals surface area contributed by atoms with Crippen molar-refractivity contribution in [1.82, 2.24) is 20.5 Å². The number of benzene rings is 1. The second kappa shape index (κ2) is 7.15. The molecule has 3 aliphatic rings. The van der Waals surface area contributed by atoms with E-state index in [1.807, 2.05) is 18.2 Å². The molecule has 0 aliphatic carbocycles. The highest BCUT2D eigenvalue weighted by molar-refractivity contribution is 7.15. The van der Waals surface area contributed by atoms with Crippen LogP contribution in [0.15, 0.2) is 24.4 Å². The summed E-state index contributed by atoms with van der Waals surface area (Å²) in [4.78, 5) is 43.1. The zero-order valence-electron chi connectivity index (χ0n) is 16.1. The van der Waals surface area contributed by atoms with Gasteiger partial charge in [0.2, 0.25) is 11.8 Å². The number of nitrogens with zero attached hydrogens (tertiary/aromatic N) is 2. The number of piperidine rings is 1. The van der Waals surface area contributed by atoms with Crippen LogP contribution in [0.1, 0.15) is 39.2 Å². The lowest BCUT2D eigenvalue weighted by molar-refractivity contribution is -0.136. The van der Waals surface area contributed by atoms with Gasteiger partial charge in [0.1, 0.15) is 11.6 Å². The van der Waals surface area contributed by atoms with E-state index in [-0.39, 0.29) is 18.2 Å². The molecule has 0 radical (unpaired) electrons. The molecule has 10 heteroatoms. The van der Waals surface area contributed by atoms with Crippen LogP contribution in [-0.2, 0) is 28.3 Å². The Bertz CT molecular complexity index is 1050. The zero-order chi connectivity index (χ0) is 20.9. The maximum absolute atomic E-state index is 12.9. The Balaban J connectivity index is 1.26. The molecule has 0 bridgehead atoms. The van der Waals surface area contributed by atoms with E-state index in [2.05, 4.69) is 20.9 Å². The van der Waals surface area contributed by atoms with E-state index in [9.17, 15) is 19.5 Å². The van der Waals surface area contributed by atoms with E-state index in [1.54, 1.807) is 11.1 Å². The molecule has 0 saturated carbocycles. The first-order chi connectivity index (χ1) is 14.4. The zero-order valence-corrected chi connectivity index (χ0v) is 16.9. The van der Waals surface area contributed by atoms with E-state index in [4.69, 9.17) is 0 Å². The Kier molecular flexibility index (Phi) is 4.57. The van der Waals surface area contributed by atoms with Crippen molar-refractivity contribution < 1.29 is 19.5 Å². The molecule has 1 atom stereocenters. The van der Waals surface area contributed by atoms with Gasteiger partial charge in [-0.3, -0.25) is 19.7 Å². The van der Waals surface area contributed by atoms with Crippen LogP contribution in [-0.4, -0.2) is 51.8 Å². The lowest BCUT2D eigenvalue weighted by Gasteiger charge is -2.36. The number of carbonyl (C=O) groups is 3. The van der Waals surface area contributed by atoms with Crippen LogP contribution in [0.25, 0.3) is 0 Å². The van der Waals surface area contributed by atoms with Gasteiger partial charge in [-0.05, 0) is 23.6 Å². The third-order valence-corrected chi connectivity index (χ3v) is 6.98. The molecule has 5 rings (SSSR count). The first-order valence-electron chi connectivity index (χ1n) is 9.83. The van der Waals surface area contributed by atoms with E-state index in [0.29, 0.717) is 43.3 Å². The number of hydrogen-bond acceptors (Lipinski definition) is 8. The molecule has 0 spiro atoms. The Morgan fingerprint density at radius 1 is 1.30 bits per heavy atom. The number of imide groups is 1. The molecule has 4 heterocycles. The van der Waals surface area contributed by atoms with Crippen LogP contribution in [0.3, 0.4) is 0 Å². The fourth-order valence-electron chi connectivity index (χ4n) is 4.00. The lowest BCUT2D eigenvalue weighted by atomic mass is 9.96. The van der Waals surface area contributed by atoms with E-state index < -0.39 is 17.6 Å². The summed E-state index contributed by atoms with van der Waals surface area (Å²) in [6, 6.07) is 5.09. The van der Waals surface area contributed by atoms with Gasteiger partial charge in [0, 0.05) is 44.4 Å². The quantitative estimate of drug-likeness (QED) is 0.506. The smallest absolute Gasteiger partial charge is 0.255 e. The normalized spacial score (nSPS) is 22.5. The highest BCUT2D eigenvalue weighted by Gasteiger charge is 2.39. The van der Waals surface area contributed by atoms with Crippen molar-refractivity contribution in [3.63, 3.8) is 0 Å². The van der Waals surface area contributed by atoms with Gasteiger partial charge in [0.25, 0.3) is 5.91 Å². The fourth-order valence-corrected chi connectivity index (χ4v) is 4.89. The van der Waals surface area contributed by atoms with Gasteiger partial charge in [-0.25, -0.2) is 4.98 Å². The fraction of sp³-hybridized carbons (Fsp3) is 0.400. The van der Waals surface area contributed by atoms with Crippen LogP contribution < -0.4 is 16.0 Å². The minimum absolute atomic E-state index is 0.183. The summed E-state index contributed by atoms with van der Waals surface area (Å²) >= 11 is 1.42. The Morgan fingerprint density at radius 3 is 2.87 bits per heavy atom. The second-order valence-corrected chi connectivity index (χ2v) is 8.94. The summed E-state index contributed by atoms with van der Waals surface area (Å²) in [5.41, 5.74) is 1.57. The Hall–Kier alpha value is -2.82. The van der Waals surface area contributed by atoms with Crippen LogP contribution in [0.4, 0.5) is 5.13 Å². The van der Waals surface area contributed by atoms with Crippen molar-refractivity contribution in [3.05, 3.63) is 46.0 Å². The first-order valence-corrected chi connectivity index (χ1v) is 10.6. The average Bonchev–Trinajstić information content (AvgIpc) is 3.30. The van der Waals surface area contributed by atoms with E-state index in [1.165, 1.54) is 11.3 Å². The predicted molar refractivity (Wildman–Crippen MR) is 109 cm³/mol. The van der Waals surface area contributed by atoms with E-state index >= 15 is 0 Å². The SMILES string of the molecule is O=C1CCC(N2Cc3ccc(CNc4ncc(C5(O)CNC5)s4)cc3C2=O)C(=O)N1. The molecule has 9 nitrogen and oxygen atoms in total. The average molecular weight is 427 g/mol. The van der Waals surface area contributed by atoms with Crippen LogP contribution in [0.5, 0.6) is 0 Å². The topological polar surface area (TPSA) is 124 Å². The number of rotatable bonds is 5. The predicted octanol–water partition coefficient (Wildman–Crippen LogP) is 0.307. The number of fused-ring (bicyclic) bond motifs is 1. The molecule has 2 fully saturated rings. The van der Waals surface area contributed by atoms with Gasteiger partial charge in [0.15, 0.2) is 5.13 Å². The second-order valence-electron chi connectivity index (χ2n) is 7.91. The molecular weight excluding hydrogens is 406 g/mol. The highest BCUT2D eigenvalue weighted by atomic mass is 32.1. The number of aromatic nitrogens is 1. The van der Waals surface area contributed by atoms with E-state index in [0.717, 1.165) is 16.0 Å². The van der Waals surface area contributed by atoms with Crippen LogP contribution >= 0.6 is 11.3 Å². The number of hydrogen-bond donors (Lipinski definition) is 4. The van der Waals surface area contributed by atoms with Gasteiger partial charge in [-0.1, -0.05) is 23.5 Å².